The van der Waals surface area contributed by atoms with Crippen LogP contribution in [0.25, 0.3) is 0 Å². The highest BCUT2D eigenvalue weighted by atomic mass is 32.2. The molecular weight excluding hydrogens is 550 g/mol. The molecule has 0 bridgehead atoms. The number of para-hydroxylation sites is 1. The molecule has 0 radical (unpaired) electrons. The second kappa shape index (κ2) is 13.8. The van der Waals surface area contributed by atoms with E-state index in [0.717, 1.165) is 42.5 Å². The zero-order chi connectivity index (χ0) is 28.6. The molecule has 0 saturated carbocycles. The summed E-state index contributed by atoms with van der Waals surface area (Å²) in [5, 5.41) is 15.2. The molecule has 2 heterocycles. The Labute approximate surface area is 242 Å². The van der Waals surface area contributed by atoms with Crippen LogP contribution in [0.3, 0.4) is 0 Å². The molecule has 12 heteroatoms. The van der Waals surface area contributed by atoms with Crippen LogP contribution in [-0.2, 0) is 35.5 Å². The summed E-state index contributed by atoms with van der Waals surface area (Å²) >= 11 is 2.75. The maximum Gasteiger partial charge on any atom is 0.341 e. The van der Waals surface area contributed by atoms with E-state index in [1.54, 1.807) is 38.1 Å². The Morgan fingerprint density at radius 2 is 1.98 bits per heavy atom. The molecule has 0 fully saturated rings. The topological polar surface area (TPSA) is 124 Å². The van der Waals surface area contributed by atoms with Crippen molar-refractivity contribution in [2.45, 2.75) is 76.4 Å². The third-order valence-corrected chi connectivity index (χ3v) is 8.86. The second-order valence-electron chi connectivity index (χ2n) is 9.32. The van der Waals surface area contributed by atoms with Gasteiger partial charge in [-0.25, -0.2) is 4.79 Å². The van der Waals surface area contributed by atoms with Crippen molar-refractivity contribution >= 4 is 45.9 Å². The van der Waals surface area contributed by atoms with Gasteiger partial charge >= 0.3 is 5.97 Å². The molecule has 1 aliphatic carbocycles. The molecule has 1 aliphatic rings. The van der Waals surface area contributed by atoms with Crippen LogP contribution in [0.5, 0.6) is 5.75 Å². The third kappa shape index (κ3) is 6.67. The van der Waals surface area contributed by atoms with Crippen LogP contribution in [0.2, 0.25) is 0 Å². The number of carbonyl (C=O) groups excluding carboxylic acids is 3. The lowest BCUT2D eigenvalue weighted by atomic mass is 10.1. The molecular formula is C28H35N5O5S2. The van der Waals surface area contributed by atoms with Gasteiger partial charge in [-0.1, -0.05) is 37.2 Å². The van der Waals surface area contributed by atoms with Crippen LogP contribution in [-0.4, -0.2) is 51.5 Å². The number of hydrogen-bond donors (Lipinski definition) is 2. The quantitative estimate of drug-likeness (QED) is 0.215. The first-order valence-corrected chi connectivity index (χ1v) is 15.2. The van der Waals surface area contributed by atoms with E-state index in [0.29, 0.717) is 39.4 Å². The molecule has 40 heavy (non-hydrogen) atoms. The molecule has 214 valence electrons. The van der Waals surface area contributed by atoms with Crippen molar-refractivity contribution in [1.29, 1.82) is 0 Å². The minimum atomic E-state index is -0.507. The number of ether oxygens (including phenoxy) is 2. The van der Waals surface area contributed by atoms with Gasteiger partial charge in [-0.3, -0.25) is 9.59 Å². The molecule has 3 aromatic rings. The molecule has 0 aliphatic heterocycles. The molecule has 0 spiro atoms. The minimum absolute atomic E-state index is 0.179. The van der Waals surface area contributed by atoms with Crippen molar-refractivity contribution in [3.8, 4) is 5.75 Å². The maximum absolute atomic E-state index is 13.2. The number of nitrogens with one attached hydrogen (secondary N) is 2. The highest BCUT2D eigenvalue weighted by Crippen LogP contribution is 2.40. The monoisotopic (exact) mass is 585 g/mol. The number of carbonyl (C=O) groups is 3. The summed E-state index contributed by atoms with van der Waals surface area (Å²) in [6, 6.07) is 7.02. The van der Waals surface area contributed by atoms with Crippen molar-refractivity contribution in [1.82, 2.24) is 20.1 Å². The largest absolute Gasteiger partial charge is 0.496 e. The number of nitrogens with zero attached hydrogens (tertiary/aromatic N) is 3. The molecule has 1 aromatic carbocycles. The summed E-state index contributed by atoms with van der Waals surface area (Å²) in [4.78, 5) is 39.9. The number of unbranched alkanes of at least 4 members (excludes halogenated alkanes) is 1. The van der Waals surface area contributed by atoms with Gasteiger partial charge in [0.15, 0.2) is 11.0 Å². The second-order valence-corrected chi connectivity index (χ2v) is 11.7. The smallest absolute Gasteiger partial charge is 0.341 e. The average Bonchev–Trinajstić information content (AvgIpc) is 3.65. The van der Waals surface area contributed by atoms with E-state index in [1.807, 2.05) is 4.57 Å². The Kier molecular flexibility index (Phi) is 10.2. The van der Waals surface area contributed by atoms with Gasteiger partial charge in [0.2, 0.25) is 5.91 Å². The molecule has 2 amide bonds. The van der Waals surface area contributed by atoms with Crippen molar-refractivity contribution in [2.24, 2.45) is 0 Å². The van der Waals surface area contributed by atoms with Gasteiger partial charge in [0.25, 0.3) is 5.91 Å². The number of aromatic nitrogens is 3. The predicted molar refractivity (Wildman–Crippen MR) is 155 cm³/mol. The number of thioether (sulfide) groups is 1. The van der Waals surface area contributed by atoms with Crippen LogP contribution in [0, 0.1) is 0 Å². The lowest BCUT2D eigenvalue weighted by Crippen LogP contribution is -2.26. The average molecular weight is 586 g/mol. The number of benzene rings is 1. The standard InChI is InChI=1S/C28H35N5O5S2/c1-5-7-15-33-22(16-29-25(35)18-11-8-9-13-20(18)37-4)31-32-28(33)39-17(3)24(34)30-26-23(27(36)38-6-2)19-12-10-14-21(19)40-26/h8-9,11,13,17H,5-7,10,12,14-16H2,1-4H3,(H,29,35)(H,30,34). The van der Waals surface area contributed by atoms with Crippen LogP contribution in [0.1, 0.15) is 77.0 Å². The summed E-state index contributed by atoms with van der Waals surface area (Å²) in [6.45, 7) is 6.78. The molecule has 2 N–H and O–H groups in total. The van der Waals surface area contributed by atoms with E-state index in [-0.39, 0.29) is 25.0 Å². The van der Waals surface area contributed by atoms with E-state index in [1.165, 1.54) is 30.2 Å². The molecule has 1 atom stereocenters. The fraction of sp³-hybridized carbons (Fsp3) is 0.464. The maximum atomic E-state index is 13.2. The van der Waals surface area contributed by atoms with Crippen molar-refractivity contribution in [3.63, 3.8) is 0 Å². The highest BCUT2D eigenvalue weighted by Gasteiger charge is 2.30. The van der Waals surface area contributed by atoms with Gasteiger partial charge < -0.3 is 24.7 Å². The van der Waals surface area contributed by atoms with Gasteiger partial charge in [-0.15, -0.1) is 21.5 Å². The molecule has 2 aromatic heterocycles. The van der Waals surface area contributed by atoms with E-state index in [2.05, 4.69) is 27.8 Å². The summed E-state index contributed by atoms with van der Waals surface area (Å²) in [5.41, 5.74) is 1.92. The first-order valence-electron chi connectivity index (χ1n) is 13.5. The fourth-order valence-corrected chi connectivity index (χ4v) is 6.68. The third-order valence-electron chi connectivity index (χ3n) is 6.58. The lowest BCUT2D eigenvalue weighted by Gasteiger charge is -2.14. The molecule has 1 unspecified atom stereocenters. The number of aryl methyl sites for hydroxylation is 1. The fourth-order valence-electron chi connectivity index (χ4n) is 4.50. The van der Waals surface area contributed by atoms with Gasteiger partial charge in [-0.2, -0.15) is 0 Å². The van der Waals surface area contributed by atoms with Crippen molar-refractivity contribution in [3.05, 3.63) is 51.7 Å². The highest BCUT2D eigenvalue weighted by molar-refractivity contribution is 8.00. The Bertz CT molecular complexity index is 1370. The van der Waals surface area contributed by atoms with E-state index >= 15 is 0 Å². The minimum Gasteiger partial charge on any atom is -0.496 e. The van der Waals surface area contributed by atoms with Gasteiger partial charge in [0.1, 0.15) is 10.8 Å². The van der Waals surface area contributed by atoms with E-state index in [4.69, 9.17) is 9.47 Å². The zero-order valence-electron chi connectivity index (χ0n) is 23.2. The van der Waals surface area contributed by atoms with Crippen LogP contribution in [0.4, 0.5) is 5.00 Å². The van der Waals surface area contributed by atoms with Crippen molar-refractivity contribution in [2.75, 3.05) is 19.0 Å². The number of methoxy groups -OCH3 is 1. The first kappa shape index (κ1) is 29.6. The van der Waals surface area contributed by atoms with Crippen molar-refractivity contribution < 1.29 is 23.9 Å². The molecule has 10 nitrogen and oxygen atoms in total. The number of thiophene rings is 1. The Balaban J connectivity index is 1.46. The van der Waals surface area contributed by atoms with Crippen LogP contribution < -0.4 is 15.4 Å². The zero-order valence-corrected chi connectivity index (χ0v) is 24.9. The summed E-state index contributed by atoms with van der Waals surface area (Å²) in [5.74, 6) is 0.199. The number of esters is 1. The number of amides is 2. The van der Waals surface area contributed by atoms with E-state index in [9.17, 15) is 14.4 Å². The number of rotatable bonds is 13. The van der Waals surface area contributed by atoms with Gasteiger partial charge in [0.05, 0.1) is 36.6 Å². The summed E-state index contributed by atoms with van der Waals surface area (Å²) < 4.78 is 12.5. The SMILES string of the molecule is CCCCn1c(CNC(=O)c2ccccc2OC)nnc1SC(C)C(=O)Nc1sc2c(c1C(=O)OCC)CCC2. The number of anilines is 1. The van der Waals surface area contributed by atoms with E-state index < -0.39 is 11.2 Å². The lowest BCUT2D eigenvalue weighted by molar-refractivity contribution is -0.115. The normalized spacial score (nSPS) is 13.0. The summed E-state index contributed by atoms with van der Waals surface area (Å²) in [7, 11) is 1.53. The first-order chi connectivity index (χ1) is 19.4. The Hall–Kier alpha value is -3.38. The van der Waals surface area contributed by atoms with Crippen LogP contribution >= 0.6 is 23.1 Å². The number of fused-ring (bicyclic) bond motifs is 1. The van der Waals surface area contributed by atoms with Gasteiger partial charge in [0, 0.05) is 11.4 Å². The Morgan fingerprint density at radius 1 is 1.18 bits per heavy atom. The Morgan fingerprint density at radius 3 is 2.73 bits per heavy atom. The summed E-state index contributed by atoms with van der Waals surface area (Å²) in [6.07, 6.45) is 4.58. The van der Waals surface area contributed by atoms with Gasteiger partial charge in [-0.05, 0) is 57.2 Å². The molecule has 4 rings (SSSR count). The predicted octanol–water partition coefficient (Wildman–Crippen LogP) is 4.86. The van der Waals surface area contributed by atoms with Crippen LogP contribution in [0.15, 0.2) is 29.4 Å². The molecule has 0 saturated heterocycles. The number of hydrogen-bond acceptors (Lipinski definition) is 9.